The Kier molecular flexibility index (Phi) is 16.3. The second-order valence-electron chi connectivity index (χ2n) is 10.8. The number of ketones is 2. The molecule has 10 nitrogen and oxygen atoms in total. The van der Waals surface area contributed by atoms with Gasteiger partial charge in [-0.1, -0.05) is 41.5 Å². The Morgan fingerprint density at radius 3 is 0.838 bits per heavy atom. The van der Waals surface area contributed by atoms with Crippen LogP contribution >= 0.6 is 0 Å². The Bertz CT molecular complexity index is 707. The fraction of sp³-hybridized carbons (Fsp3) is 0.778. The summed E-state index contributed by atoms with van der Waals surface area (Å²) >= 11 is 0. The SMILES string of the molecule is CC(C)(C)C(=O)CCCC(=O)OCCOC(=O)CCCC(=O)OCCOC(=O)CCCC(=O)C(C)(C)C. The van der Waals surface area contributed by atoms with E-state index < -0.39 is 34.7 Å². The summed E-state index contributed by atoms with van der Waals surface area (Å²) in [5, 5.41) is 0. The molecular weight excluding hydrogens is 484 g/mol. The summed E-state index contributed by atoms with van der Waals surface area (Å²) < 4.78 is 19.8. The molecule has 37 heavy (non-hydrogen) atoms. The minimum atomic E-state index is -0.529. The highest BCUT2D eigenvalue weighted by molar-refractivity contribution is 5.84. The first-order chi connectivity index (χ1) is 17.1. The molecule has 0 saturated heterocycles. The van der Waals surface area contributed by atoms with Gasteiger partial charge in [-0.3, -0.25) is 28.8 Å². The maximum absolute atomic E-state index is 11.8. The van der Waals surface area contributed by atoms with Gasteiger partial charge >= 0.3 is 23.9 Å². The minimum absolute atomic E-state index is 0.000231. The van der Waals surface area contributed by atoms with Gasteiger partial charge in [0.2, 0.25) is 0 Å². The van der Waals surface area contributed by atoms with E-state index in [1.54, 1.807) is 0 Å². The van der Waals surface area contributed by atoms with Gasteiger partial charge in [0.25, 0.3) is 0 Å². The fourth-order valence-corrected chi connectivity index (χ4v) is 2.82. The van der Waals surface area contributed by atoms with Gasteiger partial charge in [-0.05, 0) is 19.3 Å². The quantitative estimate of drug-likeness (QED) is 0.146. The molecule has 10 heteroatoms. The number of ether oxygens (including phenoxy) is 4. The predicted octanol–water partition coefficient (Wildman–Crippen LogP) is 3.90. The monoisotopic (exact) mass is 528 g/mol. The van der Waals surface area contributed by atoms with Crippen LogP contribution in [0.4, 0.5) is 0 Å². The van der Waals surface area contributed by atoms with Crippen molar-refractivity contribution >= 4 is 35.4 Å². The maximum atomic E-state index is 11.8. The first-order valence-electron chi connectivity index (χ1n) is 12.8. The fourth-order valence-electron chi connectivity index (χ4n) is 2.82. The van der Waals surface area contributed by atoms with Crippen LogP contribution in [0.1, 0.15) is 99.3 Å². The van der Waals surface area contributed by atoms with Gasteiger partial charge in [-0.2, -0.15) is 0 Å². The molecule has 0 atom stereocenters. The van der Waals surface area contributed by atoms with Crippen LogP contribution in [0, 0.1) is 10.8 Å². The normalized spacial score (nSPS) is 11.4. The van der Waals surface area contributed by atoms with Crippen LogP contribution < -0.4 is 0 Å². The zero-order chi connectivity index (χ0) is 28.5. The summed E-state index contributed by atoms with van der Waals surface area (Å²) in [7, 11) is 0. The van der Waals surface area contributed by atoms with E-state index in [-0.39, 0.29) is 70.1 Å². The molecule has 212 valence electrons. The van der Waals surface area contributed by atoms with E-state index in [2.05, 4.69) is 0 Å². The number of hydrogen-bond acceptors (Lipinski definition) is 10. The van der Waals surface area contributed by atoms with Gasteiger partial charge in [-0.25, -0.2) is 0 Å². The van der Waals surface area contributed by atoms with Crippen LogP contribution in [0.15, 0.2) is 0 Å². The third-order valence-corrected chi connectivity index (χ3v) is 5.22. The summed E-state index contributed by atoms with van der Waals surface area (Å²) in [6.07, 6.45) is 1.90. The van der Waals surface area contributed by atoms with E-state index in [0.717, 1.165) is 0 Å². The van der Waals surface area contributed by atoms with E-state index in [0.29, 0.717) is 25.7 Å². The topological polar surface area (TPSA) is 139 Å². The number of rotatable bonds is 18. The van der Waals surface area contributed by atoms with E-state index in [9.17, 15) is 28.8 Å². The van der Waals surface area contributed by atoms with Crippen molar-refractivity contribution in [1.29, 1.82) is 0 Å². The summed E-state index contributed by atoms with van der Waals surface area (Å²) in [6.45, 7) is 10.6. The van der Waals surface area contributed by atoms with Crippen molar-refractivity contribution in [3.05, 3.63) is 0 Å². The Balaban J connectivity index is 3.72. The van der Waals surface area contributed by atoms with Crippen molar-refractivity contribution in [3.8, 4) is 0 Å². The van der Waals surface area contributed by atoms with E-state index >= 15 is 0 Å². The molecule has 0 spiro atoms. The molecule has 0 aromatic heterocycles. The van der Waals surface area contributed by atoms with Gasteiger partial charge in [0.15, 0.2) is 0 Å². The Morgan fingerprint density at radius 1 is 0.405 bits per heavy atom. The van der Waals surface area contributed by atoms with Gasteiger partial charge < -0.3 is 18.9 Å². The van der Waals surface area contributed by atoms with Crippen molar-refractivity contribution in [2.24, 2.45) is 10.8 Å². The third-order valence-electron chi connectivity index (χ3n) is 5.22. The molecule has 0 N–H and O–H groups in total. The van der Waals surface area contributed by atoms with Crippen molar-refractivity contribution in [2.45, 2.75) is 99.3 Å². The average Bonchev–Trinajstić information content (AvgIpc) is 2.78. The summed E-state index contributed by atoms with van der Waals surface area (Å²) in [5.41, 5.74) is -0.862. The number of carbonyl (C=O) groups excluding carboxylic acids is 6. The number of carbonyl (C=O) groups is 6. The lowest BCUT2D eigenvalue weighted by Gasteiger charge is -2.15. The molecule has 0 rings (SSSR count). The van der Waals surface area contributed by atoms with E-state index in [1.807, 2.05) is 41.5 Å². The molecule has 0 bridgehead atoms. The molecule has 0 aromatic carbocycles. The van der Waals surface area contributed by atoms with Crippen molar-refractivity contribution < 1.29 is 47.7 Å². The lowest BCUT2D eigenvalue weighted by molar-refractivity contribution is -0.154. The Hall–Kier alpha value is -2.78. The van der Waals surface area contributed by atoms with Crippen LogP contribution in [0.2, 0.25) is 0 Å². The van der Waals surface area contributed by atoms with Gasteiger partial charge in [0, 0.05) is 49.4 Å². The minimum Gasteiger partial charge on any atom is -0.462 e. The summed E-state index contributed by atoms with van der Waals surface area (Å²) in [5.74, 6) is -1.81. The zero-order valence-corrected chi connectivity index (χ0v) is 23.3. The lowest BCUT2D eigenvalue weighted by Crippen LogP contribution is -2.20. The summed E-state index contributed by atoms with van der Waals surface area (Å²) in [6, 6.07) is 0. The van der Waals surface area contributed by atoms with Crippen LogP contribution in [-0.2, 0) is 47.7 Å². The van der Waals surface area contributed by atoms with Gasteiger partial charge in [-0.15, -0.1) is 0 Å². The van der Waals surface area contributed by atoms with Crippen molar-refractivity contribution in [1.82, 2.24) is 0 Å². The third kappa shape index (κ3) is 19.1. The second-order valence-corrected chi connectivity index (χ2v) is 10.8. The standard InChI is InChI=1S/C27H44O10/c1-26(2,3)20(28)10-7-12-22(30)34-16-18-36-24(32)14-9-15-25(33)37-19-17-35-23(31)13-8-11-21(29)27(4,5)6/h7-19H2,1-6H3. The van der Waals surface area contributed by atoms with Crippen LogP contribution in [0.5, 0.6) is 0 Å². The molecule has 0 radical (unpaired) electrons. The molecule has 0 heterocycles. The highest BCUT2D eigenvalue weighted by Crippen LogP contribution is 2.19. The molecule has 0 aliphatic heterocycles. The molecule has 0 amide bonds. The first-order valence-corrected chi connectivity index (χ1v) is 12.8. The Morgan fingerprint density at radius 2 is 0.622 bits per heavy atom. The highest BCUT2D eigenvalue weighted by Gasteiger charge is 2.21. The van der Waals surface area contributed by atoms with E-state index in [1.165, 1.54) is 0 Å². The van der Waals surface area contributed by atoms with Crippen LogP contribution in [0.25, 0.3) is 0 Å². The summed E-state index contributed by atoms with van der Waals surface area (Å²) in [4.78, 5) is 70.3. The highest BCUT2D eigenvalue weighted by atomic mass is 16.6. The molecule has 0 aromatic rings. The van der Waals surface area contributed by atoms with Crippen molar-refractivity contribution in [2.75, 3.05) is 26.4 Å². The second kappa shape index (κ2) is 17.6. The molecule has 0 saturated carbocycles. The maximum Gasteiger partial charge on any atom is 0.305 e. The van der Waals surface area contributed by atoms with Crippen LogP contribution in [0.3, 0.4) is 0 Å². The van der Waals surface area contributed by atoms with E-state index in [4.69, 9.17) is 18.9 Å². The average molecular weight is 529 g/mol. The molecular formula is C27H44O10. The van der Waals surface area contributed by atoms with Crippen molar-refractivity contribution in [3.63, 3.8) is 0 Å². The first kappa shape index (κ1) is 34.2. The predicted molar refractivity (Wildman–Crippen MR) is 134 cm³/mol. The number of Topliss-reactive ketones (excluding diaryl/α,β-unsaturated/α-hetero) is 2. The molecule has 0 aliphatic carbocycles. The van der Waals surface area contributed by atoms with Crippen LogP contribution in [-0.4, -0.2) is 61.9 Å². The Labute approximate surface area is 220 Å². The lowest BCUT2D eigenvalue weighted by atomic mass is 9.88. The largest absolute Gasteiger partial charge is 0.462 e. The zero-order valence-electron chi connectivity index (χ0n) is 23.3. The van der Waals surface area contributed by atoms with Gasteiger partial charge in [0.1, 0.15) is 38.0 Å². The molecule has 0 unspecified atom stereocenters. The smallest absolute Gasteiger partial charge is 0.305 e. The number of hydrogen-bond donors (Lipinski definition) is 0. The number of esters is 4. The molecule has 0 fully saturated rings. The van der Waals surface area contributed by atoms with Gasteiger partial charge in [0.05, 0.1) is 0 Å². The molecule has 0 aliphatic rings.